The standard InChI is InChI=1S/C28H29N5O4/c1-4-18-7-5-6-8-22(18)31-26(34)16-29-28(35)20-14-23(32-27-21(20)15-30-33(27)17(2)3)19-9-10-24-25(13-19)37-12-11-36-24/h5-10,13-15,17H,4,11-12,16H2,1-3H3,(H,29,35)(H,31,34). The minimum Gasteiger partial charge on any atom is -0.486 e. The molecule has 3 heterocycles. The summed E-state index contributed by atoms with van der Waals surface area (Å²) >= 11 is 0. The quantitative estimate of drug-likeness (QED) is 0.391. The van der Waals surface area contributed by atoms with E-state index in [0.29, 0.717) is 47.0 Å². The van der Waals surface area contributed by atoms with E-state index in [2.05, 4.69) is 15.7 Å². The molecule has 2 aromatic carbocycles. The topological polar surface area (TPSA) is 107 Å². The Morgan fingerprint density at radius 2 is 1.84 bits per heavy atom. The van der Waals surface area contributed by atoms with Crippen LogP contribution < -0.4 is 20.1 Å². The lowest BCUT2D eigenvalue weighted by Crippen LogP contribution is -2.33. The third-order valence-electron chi connectivity index (χ3n) is 6.22. The molecule has 4 aromatic rings. The lowest BCUT2D eigenvalue weighted by atomic mass is 10.1. The van der Waals surface area contributed by atoms with Gasteiger partial charge in [-0.25, -0.2) is 9.67 Å². The van der Waals surface area contributed by atoms with Gasteiger partial charge in [0.05, 0.1) is 29.4 Å². The maximum absolute atomic E-state index is 13.3. The molecule has 0 fully saturated rings. The molecule has 0 spiro atoms. The first-order valence-electron chi connectivity index (χ1n) is 12.4. The van der Waals surface area contributed by atoms with Crippen molar-refractivity contribution in [2.24, 2.45) is 0 Å². The Hall–Kier alpha value is -4.40. The first-order chi connectivity index (χ1) is 17.9. The van der Waals surface area contributed by atoms with Crippen molar-refractivity contribution in [1.29, 1.82) is 0 Å². The lowest BCUT2D eigenvalue weighted by molar-refractivity contribution is -0.115. The summed E-state index contributed by atoms with van der Waals surface area (Å²) in [7, 11) is 0. The van der Waals surface area contributed by atoms with Gasteiger partial charge >= 0.3 is 0 Å². The van der Waals surface area contributed by atoms with Crippen molar-refractivity contribution in [3.8, 4) is 22.8 Å². The minimum absolute atomic E-state index is 0.0424. The van der Waals surface area contributed by atoms with Crippen molar-refractivity contribution in [2.45, 2.75) is 33.2 Å². The van der Waals surface area contributed by atoms with Crippen LogP contribution in [-0.2, 0) is 11.2 Å². The molecule has 2 aromatic heterocycles. The summed E-state index contributed by atoms with van der Waals surface area (Å²) in [6, 6.07) is 15.0. The summed E-state index contributed by atoms with van der Waals surface area (Å²) in [5, 5.41) is 10.7. The number of para-hydroxylation sites is 1. The fourth-order valence-corrected chi connectivity index (χ4v) is 4.34. The van der Waals surface area contributed by atoms with E-state index in [-0.39, 0.29) is 24.4 Å². The second kappa shape index (κ2) is 10.3. The highest BCUT2D eigenvalue weighted by molar-refractivity contribution is 6.08. The number of rotatable bonds is 7. The number of nitrogens with zero attached hydrogens (tertiary/aromatic N) is 3. The van der Waals surface area contributed by atoms with Crippen molar-refractivity contribution >= 4 is 28.5 Å². The number of carbonyl (C=O) groups excluding carboxylic acids is 2. The van der Waals surface area contributed by atoms with Crippen LogP contribution in [0.2, 0.25) is 0 Å². The molecule has 2 amide bonds. The Morgan fingerprint density at radius 1 is 1.05 bits per heavy atom. The molecule has 9 heteroatoms. The van der Waals surface area contributed by atoms with Gasteiger partial charge in [0.1, 0.15) is 13.2 Å². The zero-order valence-corrected chi connectivity index (χ0v) is 21.1. The van der Waals surface area contributed by atoms with Crippen LogP contribution in [0.3, 0.4) is 0 Å². The number of carbonyl (C=O) groups is 2. The maximum Gasteiger partial charge on any atom is 0.252 e. The zero-order valence-electron chi connectivity index (χ0n) is 21.1. The summed E-state index contributed by atoms with van der Waals surface area (Å²) in [6.07, 6.45) is 2.43. The van der Waals surface area contributed by atoms with E-state index in [1.54, 1.807) is 16.9 Å². The normalized spacial score (nSPS) is 12.5. The average molecular weight is 500 g/mol. The number of fused-ring (bicyclic) bond motifs is 2. The van der Waals surface area contributed by atoms with E-state index in [1.807, 2.05) is 63.2 Å². The summed E-state index contributed by atoms with van der Waals surface area (Å²) < 4.78 is 13.1. The first kappa shape index (κ1) is 24.3. The number of pyridine rings is 1. The van der Waals surface area contributed by atoms with Crippen molar-refractivity contribution in [2.75, 3.05) is 25.1 Å². The molecule has 0 radical (unpaired) electrons. The SMILES string of the molecule is CCc1ccccc1NC(=O)CNC(=O)c1cc(-c2ccc3c(c2)OCCO3)nc2c1cnn2C(C)C. The molecular formula is C28H29N5O4. The molecule has 0 unspecified atom stereocenters. The summed E-state index contributed by atoms with van der Waals surface area (Å²) in [5.41, 5.74) is 4.14. The summed E-state index contributed by atoms with van der Waals surface area (Å²) in [5.74, 6) is 0.632. The molecule has 190 valence electrons. The maximum atomic E-state index is 13.3. The van der Waals surface area contributed by atoms with Crippen LogP contribution in [0, 0.1) is 0 Å². The smallest absolute Gasteiger partial charge is 0.252 e. The monoisotopic (exact) mass is 499 g/mol. The third-order valence-corrected chi connectivity index (χ3v) is 6.22. The number of ether oxygens (including phenoxy) is 2. The van der Waals surface area contributed by atoms with E-state index >= 15 is 0 Å². The molecule has 9 nitrogen and oxygen atoms in total. The molecule has 1 aliphatic heterocycles. The second-order valence-electron chi connectivity index (χ2n) is 9.08. The summed E-state index contributed by atoms with van der Waals surface area (Å²) in [6.45, 7) is 6.84. The van der Waals surface area contributed by atoms with Crippen molar-refractivity contribution in [1.82, 2.24) is 20.1 Å². The van der Waals surface area contributed by atoms with Crippen LogP contribution in [0.5, 0.6) is 11.5 Å². The van der Waals surface area contributed by atoms with Gasteiger partial charge in [-0.05, 0) is 56.2 Å². The number of amides is 2. The van der Waals surface area contributed by atoms with Crippen LogP contribution >= 0.6 is 0 Å². The molecular weight excluding hydrogens is 470 g/mol. The van der Waals surface area contributed by atoms with Gasteiger partial charge in [0.25, 0.3) is 5.91 Å². The molecule has 0 atom stereocenters. The predicted octanol–water partition coefficient (Wildman–Crippen LogP) is 4.38. The van der Waals surface area contributed by atoms with Crippen molar-refractivity contribution < 1.29 is 19.1 Å². The number of aryl methyl sites for hydroxylation is 1. The van der Waals surface area contributed by atoms with Crippen molar-refractivity contribution in [3.05, 3.63) is 65.9 Å². The van der Waals surface area contributed by atoms with Crippen LogP contribution in [0.25, 0.3) is 22.3 Å². The lowest BCUT2D eigenvalue weighted by Gasteiger charge is -2.19. The zero-order chi connectivity index (χ0) is 25.9. The molecule has 0 bridgehead atoms. The van der Waals surface area contributed by atoms with E-state index in [0.717, 1.165) is 23.2 Å². The minimum atomic E-state index is -0.381. The Labute approximate surface area is 214 Å². The Kier molecular flexibility index (Phi) is 6.76. The summed E-state index contributed by atoms with van der Waals surface area (Å²) in [4.78, 5) is 30.8. The van der Waals surface area contributed by atoms with Gasteiger partial charge < -0.3 is 20.1 Å². The largest absolute Gasteiger partial charge is 0.486 e. The van der Waals surface area contributed by atoms with Gasteiger partial charge in [0.15, 0.2) is 17.1 Å². The number of benzene rings is 2. The van der Waals surface area contributed by atoms with Crippen molar-refractivity contribution in [3.63, 3.8) is 0 Å². The third kappa shape index (κ3) is 4.97. The number of hydrogen-bond acceptors (Lipinski definition) is 6. The van der Waals surface area contributed by atoms with Gasteiger partial charge in [0.2, 0.25) is 5.91 Å². The Balaban J connectivity index is 1.44. The van der Waals surface area contributed by atoms with Gasteiger partial charge in [-0.3, -0.25) is 9.59 Å². The van der Waals surface area contributed by atoms with E-state index in [9.17, 15) is 9.59 Å². The highest BCUT2D eigenvalue weighted by atomic mass is 16.6. The van der Waals surface area contributed by atoms with E-state index in [1.165, 1.54) is 0 Å². The van der Waals surface area contributed by atoms with E-state index in [4.69, 9.17) is 14.5 Å². The van der Waals surface area contributed by atoms with Crippen LogP contribution in [0.15, 0.2) is 54.7 Å². The average Bonchev–Trinajstić information content (AvgIpc) is 3.35. The number of nitrogens with one attached hydrogen (secondary N) is 2. The van der Waals surface area contributed by atoms with Gasteiger partial charge in [-0.1, -0.05) is 25.1 Å². The Morgan fingerprint density at radius 3 is 2.62 bits per heavy atom. The predicted molar refractivity (Wildman–Crippen MR) is 141 cm³/mol. The van der Waals surface area contributed by atoms with Gasteiger partial charge in [0, 0.05) is 17.3 Å². The number of hydrogen-bond donors (Lipinski definition) is 2. The fraction of sp³-hybridized carbons (Fsp3) is 0.286. The number of aromatic nitrogens is 3. The molecule has 37 heavy (non-hydrogen) atoms. The van der Waals surface area contributed by atoms with Crippen LogP contribution in [-0.4, -0.2) is 46.3 Å². The first-order valence-corrected chi connectivity index (χ1v) is 12.4. The molecule has 0 saturated heterocycles. The molecule has 2 N–H and O–H groups in total. The van der Waals surface area contributed by atoms with Gasteiger partial charge in [-0.15, -0.1) is 0 Å². The van der Waals surface area contributed by atoms with E-state index < -0.39 is 0 Å². The van der Waals surface area contributed by atoms with Gasteiger partial charge in [-0.2, -0.15) is 5.10 Å². The Bertz CT molecular complexity index is 1480. The highest BCUT2D eigenvalue weighted by Crippen LogP contribution is 2.35. The number of anilines is 1. The fourth-order valence-electron chi connectivity index (χ4n) is 4.34. The highest BCUT2D eigenvalue weighted by Gasteiger charge is 2.20. The second-order valence-corrected chi connectivity index (χ2v) is 9.08. The molecule has 5 rings (SSSR count). The molecule has 1 aliphatic rings. The molecule has 0 saturated carbocycles. The van der Waals surface area contributed by atoms with Crippen LogP contribution in [0.4, 0.5) is 5.69 Å². The molecule has 0 aliphatic carbocycles. The van der Waals surface area contributed by atoms with Crippen LogP contribution in [0.1, 0.15) is 42.7 Å².